The standard InChI is InChI=1S/C27H31N5O2/c1-34-24-10-5-7-22(21-24)27(11-15-32(16-12-27)26-28-13-6-14-29-26)25(33)31-19-17-30(18-20-31)23-8-3-2-4-9-23/h2-10,13-14,21H,11-12,15-20H2,1H3. The highest BCUT2D eigenvalue weighted by atomic mass is 16.5. The molecule has 7 heteroatoms. The molecule has 1 aromatic heterocycles. The SMILES string of the molecule is COc1cccc(C2(C(=O)N3CCN(c4ccccc4)CC3)CCN(c3ncccn3)CC2)c1. The molecule has 2 aliphatic heterocycles. The van der Waals surface area contributed by atoms with Gasteiger partial charge in [-0.05, 0) is 48.7 Å². The molecule has 2 fully saturated rings. The highest BCUT2D eigenvalue weighted by Gasteiger charge is 2.46. The maximum atomic E-state index is 14.2. The maximum absolute atomic E-state index is 14.2. The Hall–Kier alpha value is -3.61. The third kappa shape index (κ3) is 4.30. The van der Waals surface area contributed by atoms with Crippen LogP contribution in [-0.2, 0) is 10.2 Å². The van der Waals surface area contributed by atoms with Gasteiger partial charge in [0.15, 0.2) is 0 Å². The van der Waals surface area contributed by atoms with Gasteiger partial charge in [0.1, 0.15) is 5.75 Å². The molecule has 3 heterocycles. The molecule has 0 spiro atoms. The fourth-order valence-corrected chi connectivity index (χ4v) is 5.20. The van der Waals surface area contributed by atoms with Crippen LogP contribution >= 0.6 is 0 Å². The minimum atomic E-state index is -0.575. The lowest BCUT2D eigenvalue weighted by atomic mass is 9.71. The van der Waals surface area contributed by atoms with E-state index in [2.05, 4.69) is 55.0 Å². The number of nitrogens with zero attached hydrogens (tertiary/aromatic N) is 5. The zero-order valence-corrected chi connectivity index (χ0v) is 19.6. The van der Waals surface area contributed by atoms with E-state index < -0.39 is 5.41 Å². The highest BCUT2D eigenvalue weighted by Crippen LogP contribution is 2.39. The van der Waals surface area contributed by atoms with Crippen molar-refractivity contribution in [3.63, 3.8) is 0 Å². The summed E-state index contributed by atoms with van der Waals surface area (Å²) < 4.78 is 5.51. The summed E-state index contributed by atoms with van der Waals surface area (Å²) >= 11 is 0. The van der Waals surface area contributed by atoms with Gasteiger partial charge in [0.05, 0.1) is 12.5 Å². The summed E-state index contributed by atoms with van der Waals surface area (Å²) in [7, 11) is 1.67. The Kier molecular flexibility index (Phi) is 6.34. The molecule has 3 aromatic rings. The summed E-state index contributed by atoms with van der Waals surface area (Å²) in [6, 6.07) is 20.3. The average Bonchev–Trinajstić information content (AvgIpc) is 2.94. The van der Waals surface area contributed by atoms with Crippen LogP contribution in [0.1, 0.15) is 18.4 Å². The van der Waals surface area contributed by atoms with Crippen LogP contribution in [0.2, 0.25) is 0 Å². The molecular formula is C27H31N5O2. The van der Waals surface area contributed by atoms with Gasteiger partial charge in [0, 0.05) is 57.3 Å². The van der Waals surface area contributed by atoms with Crippen molar-refractivity contribution in [3.05, 3.63) is 78.6 Å². The highest BCUT2D eigenvalue weighted by molar-refractivity contribution is 5.89. The van der Waals surface area contributed by atoms with Crippen molar-refractivity contribution in [2.45, 2.75) is 18.3 Å². The van der Waals surface area contributed by atoms with E-state index in [1.807, 2.05) is 30.3 Å². The van der Waals surface area contributed by atoms with Crippen LogP contribution in [0.25, 0.3) is 0 Å². The fourth-order valence-electron chi connectivity index (χ4n) is 5.20. The minimum absolute atomic E-state index is 0.224. The summed E-state index contributed by atoms with van der Waals surface area (Å²) in [6.45, 7) is 4.60. The monoisotopic (exact) mass is 457 g/mol. The normalized spacial score (nSPS) is 18.0. The second-order valence-electron chi connectivity index (χ2n) is 8.96. The molecule has 0 saturated carbocycles. The molecule has 0 bridgehead atoms. The smallest absolute Gasteiger partial charge is 0.233 e. The molecule has 7 nitrogen and oxygen atoms in total. The molecule has 2 saturated heterocycles. The van der Waals surface area contributed by atoms with E-state index in [1.54, 1.807) is 19.5 Å². The molecule has 5 rings (SSSR count). The van der Waals surface area contributed by atoms with Gasteiger partial charge in [-0.1, -0.05) is 30.3 Å². The van der Waals surface area contributed by atoms with Gasteiger partial charge in [-0.15, -0.1) is 0 Å². The summed E-state index contributed by atoms with van der Waals surface area (Å²) in [5.74, 6) is 1.74. The minimum Gasteiger partial charge on any atom is -0.497 e. The van der Waals surface area contributed by atoms with E-state index in [4.69, 9.17) is 4.74 Å². The van der Waals surface area contributed by atoms with Gasteiger partial charge in [0.25, 0.3) is 0 Å². The number of carbonyl (C=O) groups excluding carboxylic acids is 1. The molecule has 2 aliphatic rings. The number of anilines is 2. The van der Waals surface area contributed by atoms with Gasteiger partial charge in [-0.25, -0.2) is 9.97 Å². The topological polar surface area (TPSA) is 61.8 Å². The van der Waals surface area contributed by atoms with Crippen LogP contribution in [0, 0.1) is 0 Å². The van der Waals surface area contributed by atoms with Crippen LogP contribution in [0.4, 0.5) is 11.6 Å². The Morgan fingerprint density at radius 2 is 1.53 bits per heavy atom. The zero-order chi connectivity index (χ0) is 23.4. The second kappa shape index (κ2) is 9.71. The first-order valence-electron chi connectivity index (χ1n) is 12.0. The van der Waals surface area contributed by atoms with Crippen LogP contribution in [0.15, 0.2) is 73.1 Å². The fraction of sp³-hybridized carbons (Fsp3) is 0.370. The lowest BCUT2D eigenvalue weighted by Gasteiger charge is -2.45. The average molecular weight is 458 g/mol. The number of hydrogen-bond acceptors (Lipinski definition) is 6. The quantitative estimate of drug-likeness (QED) is 0.586. The van der Waals surface area contributed by atoms with Gasteiger partial charge in [0.2, 0.25) is 11.9 Å². The number of ether oxygens (including phenoxy) is 1. The third-order valence-electron chi connectivity index (χ3n) is 7.17. The van der Waals surface area contributed by atoms with Crippen molar-refractivity contribution >= 4 is 17.5 Å². The molecule has 34 heavy (non-hydrogen) atoms. The van der Waals surface area contributed by atoms with Crippen molar-refractivity contribution in [1.82, 2.24) is 14.9 Å². The van der Waals surface area contributed by atoms with Crippen molar-refractivity contribution in [2.24, 2.45) is 0 Å². The molecule has 0 radical (unpaired) electrons. The first kappa shape index (κ1) is 22.2. The number of carbonyl (C=O) groups is 1. The Labute approximate surface area is 201 Å². The molecule has 176 valence electrons. The van der Waals surface area contributed by atoms with Crippen molar-refractivity contribution in [1.29, 1.82) is 0 Å². The van der Waals surface area contributed by atoms with Crippen LogP contribution in [0.3, 0.4) is 0 Å². The van der Waals surface area contributed by atoms with Crippen molar-refractivity contribution in [2.75, 3.05) is 56.2 Å². The van der Waals surface area contributed by atoms with E-state index in [-0.39, 0.29) is 5.91 Å². The van der Waals surface area contributed by atoms with E-state index in [0.29, 0.717) is 0 Å². The summed E-state index contributed by atoms with van der Waals surface area (Å²) in [5.41, 5.74) is 1.68. The number of hydrogen-bond donors (Lipinski definition) is 0. The number of piperidine rings is 1. The van der Waals surface area contributed by atoms with Gasteiger partial charge < -0.3 is 19.4 Å². The van der Waals surface area contributed by atoms with Gasteiger partial charge in [-0.3, -0.25) is 4.79 Å². The molecule has 0 aliphatic carbocycles. The second-order valence-corrected chi connectivity index (χ2v) is 8.96. The number of para-hydroxylation sites is 1. The summed E-state index contributed by atoms with van der Waals surface area (Å²) in [5, 5.41) is 0. The number of piperazine rings is 1. The predicted molar refractivity (Wildman–Crippen MR) is 133 cm³/mol. The van der Waals surface area contributed by atoms with E-state index in [0.717, 1.165) is 69.4 Å². The third-order valence-corrected chi connectivity index (χ3v) is 7.17. The number of amides is 1. The summed E-state index contributed by atoms with van der Waals surface area (Å²) in [6.07, 6.45) is 4.97. The first-order valence-corrected chi connectivity index (χ1v) is 12.0. The largest absolute Gasteiger partial charge is 0.497 e. The molecule has 1 amide bonds. The van der Waals surface area contributed by atoms with E-state index >= 15 is 0 Å². The van der Waals surface area contributed by atoms with Crippen LogP contribution in [0.5, 0.6) is 5.75 Å². The Morgan fingerprint density at radius 3 is 2.21 bits per heavy atom. The van der Waals surface area contributed by atoms with Gasteiger partial charge in [-0.2, -0.15) is 0 Å². The lowest BCUT2D eigenvalue weighted by molar-refractivity contribution is -0.138. The Bertz CT molecular complexity index is 1090. The Balaban J connectivity index is 1.37. The number of aromatic nitrogens is 2. The zero-order valence-electron chi connectivity index (χ0n) is 19.6. The molecular weight excluding hydrogens is 426 g/mol. The maximum Gasteiger partial charge on any atom is 0.233 e. The predicted octanol–water partition coefficient (Wildman–Crippen LogP) is 3.37. The molecule has 0 unspecified atom stereocenters. The van der Waals surface area contributed by atoms with E-state index in [1.165, 1.54) is 5.69 Å². The van der Waals surface area contributed by atoms with Crippen LogP contribution in [-0.4, -0.2) is 67.2 Å². The number of benzene rings is 2. The molecule has 0 N–H and O–H groups in total. The number of methoxy groups -OCH3 is 1. The van der Waals surface area contributed by atoms with Crippen LogP contribution < -0.4 is 14.5 Å². The first-order chi connectivity index (χ1) is 16.7. The van der Waals surface area contributed by atoms with E-state index in [9.17, 15) is 4.79 Å². The van der Waals surface area contributed by atoms with Crippen molar-refractivity contribution in [3.8, 4) is 5.75 Å². The summed E-state index contributed by atoms with van der Waals surface area (Å²) in [4.78, 5) is 29.6. The molecule has 2 aromatic carbocycles. The number of rotatable bonds is 5. The Morgan fingerprint density at radius 1 is 0.824 bits per heavy atom. The molecule has 0 atom stereocenters. The van der Waals surface area contributed by atoms with Gasteiger partial charge >= 0.3 is 0 Å². The van der Waals surface area contributed by atoms with Crippen molar-refractivity contribution < 1.29 is 9.53 Å². The lowest BCUT2D eigenvalue weighted by Crippen LogP contribution is -2.57.